The van der Waals surface area contributed by atoms with Gasteiger partial charge < -0.3 is 19.9 Å². The molecule has 26 heavy (non-hydrogen) atoms. The summed E-state index contributed by atoms with van der Waals surface area (Å²) in [6, 6.07) is 0. The van der Waals surface area contributed by atoms with Crippen molar-refractivity contribution in [2.24, 2.45) is 11.1 Å². The van der Waals surface area contributed by atoms with Gasteiger partial charge in [-0.1, -0.05) is 19.0 Å². The van der Waals surface area contributed by atoms with E-state index in [0.717, 1.165) is 36.7 Å². The first-order valence-electron chi connectivity index (χ1n) is 9.54. The van der Waals surface area contributed by atoms with E-state index < -0.39 is 5.54 Å². The predicted octanol–water partition coefficient (Wildman–Crippen LogP) is 1.47. The van der Waals surface area contributed by atoms with Crippen molar-refractivity contribution in [1.29, 1.82) is 0 Å². The van der Waals surface area contributed by atoms with Crippen LogP contribution < -0.4 is 5.73 Å². The molecule has 3 rings (SSSR count). The van der Waals surface area contributed by atoms with Crippen LogP contribution in [0, 0.1) is 19.3 Å². The van der Waals surface area contributed by atoms with E-state index in [2.05, 4.69) is 10.1 Å². The van der Waals surface area contributed by atoms with E-state index >= 15 is 0 Å². The highest BCUT2D eigenvalue weighted by Gasteiger charge is 2.63. The lowest BCUT2D eigenvalue weighted by molar-refractivity contribution is -0.180. The Balaban J connectivity index is 1.57. The molecule has 2 heterocycles. The molecular weight excluding hydrogens is 332 g/mol. The van der Waals surface area contributed by atoms with Crippen molar-refractivity contribution in [2.45, 2.75) is 59.2 Å². The average Bonchev–Trinajstić information content (AvgIpc) is 2.93. The molecule has 0 spiro atoms. The smallest absolute Gasteiger partial charge is 0.243 e. The number of aryl methyl sites for hydroxylation is 2. The Morgan fingerprint density at radius 1 is 1.31 bits per heavy atom. The Morgan fingerprint density at radius 3 is 2.46 bits per heavy atom. The highest BCUT2D eigenvalue weighted by atomic mass is 16.5. The van der Waals surface area contributed by atoms with Crippen LogP contribution in [-0.2, 0) is 16.1 Å². The van der Waals surface area contributed by atoms with Crippen LogP contribution in [-0.4, -0.2) is 65.3 Å². The van der Waals surface area contributed by atoms with Crippen molar-refractivity contribution < 1.29 is 14.1 Å². The van der Waals surface area contributed by atoms with Crippen molar-refractivity contribution in [2.75, 3.05) is 32.8 Å². The van der Waals surface area contributed by atoms with E-state index in [0.29, 0.717) is 26.1 Å². The summed E-state index contributed by atoms with van der Waals surface area (Å²) in [5.41, 5.74) is 7.49. The summed E-state index contributed by atoms with van der Waals surface area (Å²) >= 11 is 0. The number of ether oxygens (including phenoxy) is 1. The summed E-state index contributed by atoms with van der Waals surface area (Å²) in [6.07, 6.45) is 0.661. The van der Waals surface area contributed by atoms with Gasteiger partial charge in [0.05, 0.1) is 11.8 Å². The van der Waals surface area contributed by atoms with Gasteiger partial charge in [-0.15, -0.1) is 0 Å². The maximum Gasteiger partial charge on any atom is 0.243 e. The van der Waals surface area contributed by atoms with E-state index in [1.54, 1.807) is 0 Å². The zero-order valence-electron chi connectivity index (χ0n) is 16.7. The maximum absolute atomic E-state index is 13.1. The van der Waals surface area contributed by atoms with Crippen LogP contribution in [0.2, 0.25) is 0 Å². The van der Waals surface area contributed by atoms with Crippen LogP contribution in [0.4, 0.5) is 0 Å². The maximum atomic E-state index is 13.1. The summed E-state index contributed by atoms with van der Waals surface area (Å²) in [5.74, 6) is 0.940. The van der Waals surface area contributed by atoms with Crippen LogP contribution >= 0.6 is 0 Å². The first kappa shape index (κ1) is 19.3. The summed E-state index contributed by atoms with van der Waals surface area (Å²) in [5, 5.41) is 4.02. The van der Waals surface area contributed by atoms with Crippen molar-refractivity contribution in [1.82, 2.24) is 15.0 Å². The lowest BCUT2D eigenvalue weighted by atomic mass is 9.54. The number of nitrogens with two attached hydrogens (primary N) is 1. The van der Waals surface area contributed by atoms with E-state index in [4.69, 9.17) is 15.0 Å². The van der Waals surface area contributed by atoms with Crippen molar-refractivity contribution >= 4 is 5.91 Å². The Hall–Kier alpha value is -1.44. The molecule has 1 aliphatic heterocycles. The average molecular weight is 364 g/mol. The molecular formula is C19H32N4O3. The molecule has 2 unspecified atom stereocenters. The number of amides is 1. The molecule has 1 aromatic rings. The standard InChI is InChI=1S/C19H32N4O3/c1-6-25-16-11-19(20,18(16,4)5)17(24)23-9-7-22(8-10-23)12-15-13(2)21-26-14(15)3/h16H,6-12,20H2,1-5H3. The molecule has 0 radical (unpaired) electrons. The third-order valence-corrected chi connectivity index (χ3v) is 6.43. The zero-order valence-corrected chi connectivity index (χ0v) is 16.7. The number of hydrogen-bond acceptors (Lipinski definition) is 6. The van der Waals surface area contributed by atoms with Crippen molar-refractivity contribution in [3.63, 3.8) is 0 Å². The normalized spacial score (nSPS) is 28.8. The molecule has 2 fully saturated rings. The van der Waals surface area contributed by atoms with Gasteiger partial charge in [-0.3, -0.25) is 9.69 Å². The van der Waals surface area contributed by atoms with Gasteiger partial charge >= 0.3 is 0 Å². The highest BCUT2D eigenvalue weighted by molar-refractivity contribution is 5.89. The second-order valence-electron chi connectivity index (χ2n) is 8.21. The third kappa shape index (κ3) is 3.06. The molecule has 0 bridgehead atoms. The van der Waals surface area contributed by atoms with Gasteiger partial charge in [0.2, 0.25) is 5.91 Å². The first-order chi connectivity index (χ1) is 12.2. The van der Waals surface area contributed by atoms with Crippen LogP contribution in [0.25, 0.3) is 0 Å². The van der Waals surface area contributed by atoms with Crippen LogP contribution in [0.15, 0.2) is 4.52 Å². The number of aromatic nitrogens is 1. The number of carbonyl (C=O) groups excluding carboxylic acids is 1. The molecule has 7 heteroatoms. The minimum absolute atomic E-state index is 0.0577. The fraction of sp³-hybridized carbons (Fsp3) is 0.789. The van der Waals surface area contributed by atoms with Gasteiger partial charge in [0.15, 0.2) is 0 Å². The van der Waals surface area contributed by atoms with E-state index in [1.165, 1.54) is 0 Å². The molecule has 7 nitrogen and oxygen atoms in total. The second kappa shape index (κ2) is 6.94. The molecule has 2 atom stereocenters. The second-order valence-corrected chi connectivity index (χ2v) is 8.21. The van der Waals surface area contributed by atoms with Gasteiger partial charge in [0.1, 0.15) is 11.3 Å². The van der Waals surface area contributed by atoms with Gasteiger partial charge in [-0.25, -0.2) is 0 Å². The lowest BCUT2D eigenvalue weighted by Crippen LogP contribution is -2.76. The van der Waals surface area contributed by atoms with Crippen molar-refractivity contribution in [3.8, 4) is 0 Å². The van der Waals surface area contributed by atoms with Crippen molar-refractivity contribution in [3.05, 3.63) is 17.0 Å². The van der Waals surface area contributed by atoms with E-state index in [9.17, 15) is 4.79 Å². The van der Waals surface area contributed by atoms with E-state index in [1.807, 2.05) is 39.5 Å². The minimum atomic E-state index is -0.823. The molecule has 1 saturated heterocycles. The van der Waals surface area contributed by atoms with Gasteiger partial charge in [-0.2, -0.15) is 0 Å². The lowest BCUT2D eigenvalue weighted by Gasteiger charge is -2.59. The van der Waals surface area contributed by atoms with E-state index in [-0.39, 0.29) is 17.4 Å². The summed E-state index contributed by atoms with van der Waals surface area (Å²) < 4.78 is 11.0. The minimum Gasteiger partial charge on any atom is -0.378 e. The Bertz CT molecular complexity index is 644. The fourth-order valence-corrected chi connectivity index (χ4v) is 4.14. The SMILES string of the molecule is CCOC1CC(N)(C(=O)N2CCN(Cc3c(C)noc3C)CC2)C1(C)C. The fourth-order valence-electron chi connectivity index (χ4n) is 4.14. The molecule has 1 aromatic heterocycles. The summed E-state index contributed by atoms with van der Waals surface area (Å²) in [4.78, 5) is 17.4. The van der Waals surface area contributed by atoms with Crippen LogP contribution in [0.3, 0.4) is 0 Å². The quantitative estimate of drug-likeness (QED) is 0.852. The molecule has 2 N–H and O–H groups in total. The summed E-state index contributed by atoms with van der Waals surface area (Å²) in [6.45, 7) is 14.5. The largest absolute Gasteiger partial charge is 0.378 e. The number of rotatable bonds is 5. The molecule has 1 aliphatic carbocycles. The number of piperazine rings is 1. The number of carbonyl (C=O) groups is 1. The monoisotopic (exact) mass is 364 g/mol. The van der Waals surface area contributed by atoms with Gasteiger partial charge in [0, 0.05) is 56.7 Å². The Labute approximate surface area is 155 Å². The number of hydrogen-bond donors (Lipinski definition) is 1. The van der Waals surface area contributed by atoms with Crippen LogP contribution in [0.5, 0.6) is 0 Å². The van der Waals surface area contributed by atoms with Gasteiger partial charge in [0.25, 0.3) is 0 Å². The zero-order chi connectivity index (χ0) is 19.1. The molecule has 0 aromatic carbocycles. The Kier molecular flexibility index (Phi) is 5.16. The summed E-state index contributed by atoms with van der Waals surface area (Å²) in [7, 11) is 0. The highest BCUT2D eigenvalue weighted by Crippen LogP contribution is 2.50. The molecule has 1 amide bonds. The third-order valence-electron chi connectivity index (χ3n) is 6.43. The first-order valence-corrected chi connectivity index (χ1v) is 9.54. The molecule has 1 saturated carbocycles. The predicted molar refractivity (Wildman–Crippen MR) is 98.6 cm³/mol. The molecule has 146 valence electrons. The number of nitrogens with zero attached hydrogens (tertiary/aromatic N) is 3. The van der Waals surface area contributed by atoms with Crippen LogP contribution in [0.1, 0.15) is 44.2 Å². The Morgan fingerprint density at radius 2 is 1.96 bits per heavy atom. The van der Waals surface area contributed by atoms with Gasteiger partial charge in [-0.05, 0) is 20.8 Å². The topological polar surface area (TPSA) is 84.8 Å². The molecule has 2 aliphatic rings.